The number of para-hydroxylation sites is 2. The third kappa shape index (κ3) is 5.63. The maximum absolute atomic E-state index is 12.1. The Morgan fingerprint density at radius 3 is 2.53 bits per heavy atom. The first-order valence-electron chi connectivity index (χ1n) is 11.9. The van der Waals surface area contributed by atoms with E-state index >= 15 is 0 Å². The molecule has 0 unspecified atom stereocenters. The highest BCUT2D eigenvalue weighted by atomic mass is 32.1. The molecule has 1 aromatic heterocycles. The zero-order chi connectivity index (χ0) is 24.1. The lowest BCUT2D eigenvalue weighted by Gasteiger charge is -2.30. The van der Waals surface area contributed by atoms with Crippen LogP contribution in [0.5, 0.6) is 0 Å². The summed E-state index contributed by atoms with van der Waals surface area (Å²) < 4.78 is 3.73. The van der Waals surface area contributed by atoms with Gasteiger partial charge >= 0.3 is 0 Å². The molecule has 0 N–H and O–H groups in total. The molecule has 0 atom stereocenters. The van der Waals surface area contributed by atoms with E-state index in [0.717, 1.165) is 25.1 Å². The third-order valence-corrected chi connectivity index (χ3v) is 7.14. The molecule has 0 spiro atoms. The van der Waals surface area contributed by atoms with E-state index in [-0.39, 0.29) is 11.3 Å². The number of fused-ring (bicyclic) bond motifs is 1. The van der Waals surface area contributed by atoms with Gasteiger partial charge in [-0.05, 0) is 60.6 Å². The highest BCUT2D eigenvalue weighted by Gasteiger charge is 2.26. The number of aryl methyl sites for hydroxylation is 1. The van der Waals surface area contributed by atoms with E-state index in [4.69, 9.17) is 0 Å². The lowest BCUT2D eigenvalue weighted by atomic mass is 9.75. The first-order valence-corrected chi connectivity index (χ1v) is 12.7. The molecule has 0 fully saturated rings. The van der Waals surface area contributed by atoms with Crippen LogP contribution in [0.25, 0.3) is 16.3 Å². The Hall–Kier alpha value is -3.24. The molecule has 1 aliphatic carbocycles. The van der Waals surface area contributed by atoms with Crippen LogP contribution in [0.3, 0.4) is 0 Å². The van der Waals surface area contributed by atoms with Crippen molar-refractivity contribution in [3.8, 4) is 0 Å². The van der Waals surface area contributed by atoms with Gasteiger partial charge in [0.25, 0.3) is 5.01 Å². The molecule has 1 amide bonds. The van der Waals surface area contributed by atoms with Gasteiger partial charge in [0.2, 0.25) is 11.4 Å². The van der Waals surface area contributed by atoms with Crippen LogP contribution in [0.1, 0.15) is 45.5 Å². The standard InChI is InChI=1S/C30H33N2OS/c1-5-31-27-16-9-10-17-28(27)34-29(31)20-25-19-24(21-30(3,4)22-25)13-11-12-18-32(23(2)33)26-14-7-6-8-15-26/h6-20H,5,21-22H2,1-4H3/q+1. The number of benzene rings is 2. The second kappa shape index (κ2) is 10.4. The summed E-state index contributed by atoms with van der Waals surface area (Å²) in [6, 6.07) is 18.4. The van der Waals surface area contributed by atoms with E-state index in [1.165, 1.54) is 26.4 Å². The normalized spacial score (nSPS) is 17.1. The smallest absolute Gasteiger partial charge is 0.263 e. The predicted molar refractivity (Wildman–Crippen MR) is 145 cm³/mol. The minimum Gasteiger partial charge on any atom is -0.288 e. The number of hydrogen-bond acceptors (Lipinski definition) is 2. The predicted octanol–water partition coefficient (Wildman–Crippen LogP) is 7.46. The number of allylic oxidation sites excluding steroid dienone is 6. The van der Waals surface area contributed by atoms with Gasteiger partial charge in [0.1, 0.15) is 11.2 Å². The molecule has 0 saturated carbocycles. The van der Waals surface area contributed by atoms with Crippen molar-refractivity contribution >= 4 is 39.2 Å². The number of anilines is 1. The summed E-state index contributed by atoms with van der Waals surface area (Å²) in [5.41, 5.74) is 5.05. The number of aromatic nitrogens is 1. The Balaban J connectivity index is 1.59. The molecule has 2 aromatic carbocycles. The number of hydrogen-bond donors (Lipinski definition) is 0. The maximum atomic E-state index is 12.1. The fourth-order valence-electron chi connectivity index (χ4n) is 4.63. The van der Waals surface area contributed by atoms with Gasteiger partial charge in [-0.3, -0.25) is 9.69 Å². The number of amides is 1. The Bertz CT molecular complexity index is 1290. The molecule has 34 heavy (non-hydrogen) atoms. The van der Waals surface area contributed by atoms with Gasteiger partial charge in [-0.15, -0.1) is 0 Å². The molecule has 1 aliphatic rings. The monoisotopic (exact) mass is 469 g/mol. The first-order chi connectivity index (χ1) is 16.4. The summed E-state index contributed by atoms with van der Waals surface area (Å²) in [6.07, 6.45) is 14.8. The topological polar surface area (TPSA) is 24.2 Å². The van der Waals surface area contributed by atoms with E-state index < -0.39 is 0 Å². The largest absolute Gasteiger partial charge is 0.288 e. The van der Waals surface area contributed by atoms with Crippen molar-refractivity contribution in [2.24, 2.45) is 5.41 Å². The highest BCUT2D eigenvalue weighted by molar-refractivity contribution is 7.18. The Morgan fingerprint density at radius 1 is 1.06 bits per heavy atom. The first kappa shape index (κ1) is 23.9. The maximum Gasteiger partial charge on any atom is 0.263 e. The fourth-order valence-corrected chi connectivity index (χ4v) is 5.83. The van der Waals surface area contributed by atoms with Crippen LogP contribution in [-0.4, -0.2) is 5.91 Å². The number of carbonyl (C=O) groups excluding carboxylic acids is 1. The molecular weight excluding hydrogens is 436 g/mol. The van der Waals surface area contributed by atoms with Crippen LogP contribution in [-0.2, 0) is 11.3 Å². The second-order valence-electron chi connectivity index (χ2n) is 9.53. The van der Waals surface area contributed by atoms with Crippen LogP contribution >= 0.6 is 11.3 Å². The number of thiazole rings is 1. The Morgan fingerprint density at radius 2 is 1.79 bits per heavy atom. The minimum absolute atomic E-state index is 0.00773. The number of rotatable bonds is 6. The quantitative estimate of drug-likeness (QED) is 0.271. The highest BCUT2D eigenvalue weighted by Crippen LogP contribution is 2.39. The van der Waals surface area contributed by atoms with Crippen molar-refractivity contribution in [1.29, 1.82) is 0 Å². The van der Waals surface area contributed by atoms with Gasteiger partial charge in [-0.2, -0.15) is 4.57 Å². The summed E-state index contributed by atoms with van der Waals surface area (Å²) in [5, 5.41) is 1.30. The van der Waals surface area contributed by atoms with Crippen LogP contribution in [0, 0.1) is 5.41 Å². The van der Waals surface area contributed by atoms with Crippen molar-refractivity contribution in [3.05, 3.63) is 101 Å². The minimum atomic E-state index is -0.00773. The molecular formula is C30H33N2OS+. The van der Waals surface area contributed by atoms with E-state index in [0.29, 0.717) is 0 Å². The van der Waals surface area contributed by atoms with Crippen molar-refractivity contribution in [2.75, 3.05) is 4.90 Å². The Labute approximate surface area is 207 Å². The average Bonchev–Trinajstić information content (AvgIpc) is 3.15. The molecule has 174 valence electrons. The van der Waals surface area contributed by atoms with Crippen molar-refractivity contribution in [1.82, 2.24) is 0 Å². The summed E-state index contributed by atoms with van der Waals surface area (Å²) in [6.45, 7) is 9.43. The second-order valence-corrected chi connectivity index (χ2v) is 10.6. The average molecular weight is 470 g/mol. The van der Waals surface area contributed by atoms with Gasteiger partial charge in [0.05, 0.1) is 0 Å². The lowest BCUT2D eigenvalue weighted by molar-refractivity contribution is -0.665. The summed E-state index contributed by atoms with van der Waals surface area (Å²) >= 11 is 1.86. The van der Waals surface area contributed by atoms with Gasteiger partial charge in [0, 0.05) is 31.0 Å². The molecule has 0 aliphatic heterocycles. The molecule has 3 nitrogen and oxygen atoms in total. The van der Waals surface area contributed by atoms with E-state index in [1.807, 2.05) is 60.0 Å². The zero-order valence-electron chi connectivity index (χ0n) is 20.5. The molecule has 0 bridgehead atoms. The van der Waals surface area contributed by atoms with E-state index in [2.05, 4.69) is 67.8 Å². The van der Waals surface area contributed by atoms with Gasteiger partial charge in [-0.25, -0.2) is 0 Å². The van der Waals surface area contributed by atoms with Crippen molar-refractivity contribution < 1.29 is 9.36 Å². The molecule has 1 heterocycles. The van der Waals surface area contributed by atoms with Crippen LogP contribution in [0.4, 0.5) is 5.69 Å². The summed E-state index contributed by atoms with van der Waals surface area (Å²) in [4.78, 5) is 13.8. The zero-order valence-corrected chi connectivity index (χ0v) is 21.3. The summed E-state index contributed by atoms with van der Waals surface area (Å²) in [7, 11) is 0. The van der Waals surface area contributed by atoms with Crippen LogP contribution < -0.4 is 9.47 Å². The molecule has 4 heteroatoms. The molecule has 4 rings (SSSR count). The van der Waals surface area contributed by atoms with Gasteiger partial charge in [-0.1, -0.05) is 73.7 Å². The summed E-state index contributed by atoms with van der Waals surface area (Å²) in [5.74, 6) is -0.00773. The van der Waals surface area contributed by atoms with Gasteiger partial charge < -0.3 is 0 Å². The number of nitrogens with zero attached hydrogens (tertiary/aromatic N) is 2. The van der Waals surface area contributed by atoms with Crippen molar-refractivity contribution in [2.45, 2.75) is 47.1 Å². The fraction of sp³-hybridized carbons (Fsp3) is 0.267. The third-order valence-electron chi connectivity index (χ3n) is 6.03. The SMILES string of the molecule is CC[n+]1c(C=C2C=C(C=CC=CN(C(C)=O)c3ccccc3)CC(C)(C)C2)sc2ccccc21. The van der Waals surface area contributed by atoms with Crippen LogP contribution in [0.15, 0.2) is 96.2 Å². The molecule has 0 saturated heterocycles. The van der Waals surface area contributed by atoms with Crippen LogP contribution in [0.2, 0.25) is 0 Å². The van der Waals surface area contributed by atoms with Gasteiger partial charge in [0.15, 0.2) is 0 Å². The van der Waals surface area contributed by atoms with E-state index in [1.54, 1.807) is 11.8 Å². The number of carbonyl (C=O) groups is 1. The Kier molecular flexibility index (Phi) is 7.28. The molecule has 3 aromatic rings. The molecule has 0 radical (unpaired) electrons. The van der Waals surface area contributed by atoms with Crippen molar-refractivity contribution in [3.63, 3.8) is 0 Å². The van der Waals surface area contributed by atoms with E-state index in [9.17, 15) is 4.79 Å². The lowest BCUT2D eigenvalue weighted by Crippen LogP contribution is -2.33.